The smallest absolute Gasteiger partial charge is 0.306 e. The van der Waals surface area contributed by atoms with Crippen LogP contribution in [0.15, 0.2) is 30.3 Å². The van der Waals surface area contributed by atoms with E-state index in [0.29, 0.717) is 25.8 Å². The molecule has 0 aliphatic heterocycles. The molecule has 1 fully saturated rings. The molecule has 0 saturated heterocycles. The highest BCUT2D eigenvalue weighted by Crippen LogP contribution is 2.32. The van der Waals surface area contributed by atoms with Gasteiger partial charge in [0.15, 0.2) is 0 Å². The molecular formula is C15H19NO3. The molecule has 1 aromatic rings. The zero-order chi connectivity index (χ0) is 13.8. The lowest BCUT2D eigenvalue weighted by Gasteiger charge is -2.21. The average molecular weight is 261 g/mol. The van der Waals surface area contributed by atoms with Crippen molar-refractivity contribution in [1.29, 1.82) is 0 Å². The molecule has 0 heterocycles. The van der Waals surface area contributed by atoms with Crippen LogP contribution in [0, 0.1) is 11.8 Å². The van der Waals surface area contributed by atoms with Gasteiger partial charge in [-0.3, -0.25) is 9.59 Å². The fraction of sp³-hybridized carbons (Fsp3) is 0.467. The Balaban J connectivity index is 1.91. The van der Waals surface area contributed by atoms with E-state index >= 15 is 0 Å². The molecule has 1 N–H and O–H groups in total. The molecular weight excluding hydrogens is 242 g/mol. The van der Waals surface area contributed by atoms with Gasteiger partial charge in [0.1, 0.15) is 0 Å². The van der Waals surface area contributed by atoms with E-state index in [1.807, 2.05) is 30.3 Å². The van der Waals surface area contributed by atoms with Crippen LogP contribution in [0.4, 0.5) is 0 Å². The van der Waals surface area contributed by atoms with Crippen molar-refractivity contribution in [2.24, 2.45) is 11.8 Å². The van der Waals surface area contributed by atoms with E-state index in [9.17, 15) is 9.59 Å². The number of hydrogen-bond acceptors (Lipinski definition) is 2. The van der Waals surface area contributed by atoms with Crippen molar-refractivity contribution in [3.8, 4) is 0 Å². The molecule has 0 spiro atoms. The van der Waals surface area contributed by atoms with Crippen LogP contribution in [0.3, 0.4) is 0 Å². The van der Waals surface area contributed by atoms with E-state index in [2.05, 4.69) is 0 Å². The monoisotopic (exact) mass is 261 g/mol. The fourth-order valence-electron chi connectivity index (χ4n) is 2.68. The highest BCUT2D eigenvalue weighted by atomic mass is 16.4. The van der Waals surface area contributed by atoms with Gasteiger partial charge in [0.25, 0.3) is 0 Å². The molecule has 102 valence electrons. The number of carbonyl (C=O) groups excluding carboxylic acids is 1. The molecule has 0 aromatic heterocycles. The van der Waals surface area contributed by atoms with Gasteiger partial charge in [0.2, 0.25) is 5.91 Å². The van der Waals surface area contributed by atoms with Crippen LogP contribution in [0.5, 0.6) is 0 Å². The lowest BCUT2D eigenvalue weighted by molar-refractivity contribution is -0.141. The van der Waals surface area contributed by atoms with Gasteiger partial charge >= 0.3 is 5.97 Å². The van der Waals surface area contributed by atoms with Crippen molar-refractivity contribution < 1.29 is 14.7 Å². The van der Waals surface area contributed by atoms with Crippen LogP contribution in [-0.2, 0) is 16.1 Å². The second kappa shape index (κ2) is 5.87. The number of amides is 1. The van der Waals surface area contributed by atoms with Gasteiger partial charge in [-0.05, 0) is 24.8 Å². The van der Waals surface area contributed by atoms with E-state index in [-0.39, 0.29) is 17.7 Å². The van der Waals surface area contributed by atoms with Gasteiger partial charge in [0, 0.05) is 19.5 Å². The summed E-state index contributed by atoms with van der Waals surface area (Å²) in [5, 5.41) is 8.96. The van der Waals surface area contributed by atoms with Gasteiger partial charge in [-0.15, -0.1) is 0 Å². The Morgan fingerprint density at radius 1 is 1.21 bits per heavy atom. The Morgan fingerprint density at radius 2 is 1.84 bits per heavy atom. The number of rotatable bonds is 4. The number of carboxylic acids is 1. The maximum Gasteiger partial charge on any atom is 0.306 e. The van der Waals surface area contributed by atoms with Crippen molar-refractivity contribution in [3.63, 3.8) is 0 Å². The topological polar surface area (TPSA) is 57.6 Å². The zero-order valence-electron chi connectivity index (χ0n) is 11.1. The van der Waals surface area contributed by atoms with Crippen molar-refractivity contribution in [2.45, 2.75) is 25.8 Å². The largest absolute Gasteiger partial charge is 0.481 e. The highest BCUT2D eigenvalue weighted by molar-refractivity contribution is 5.80. The number of carbonyl (C=O) groups is 2. The molecule has 1 amide bonds. The quantitative estimate of drug-likeness (QED) is 0.903. The van der Waals surface area contributed by atoms with Crippen LogP contribution < -0.4 is 0 Å². The van der Waals surface area contributed by atoms with Gasteiger partial charge in [-0.25, -0.2) is 0 Å². The summed E-state index contributed by atoms with van der Waals surface area (Å²) in [5.41, 5.74) is 1.09. The Labute approximate surface area is 113 Å². The summed E-state index contributed by atoms with van der Waals surface area (Å²) >= 11 is 0. The summed E-state index contributed by atoms with van der Waals surface area (Å²) in [7, 11) is 1.78. The van der Waals surface area contributed by atoms with Crippen molar-refractivity contribution >= 4 is 11.9 Å². The first-order valence-corrected chi connectivity index (χ1v) is 6.59. The Morgan fingerprint density at radius 3 is 2.42 bits per heavy atom. The highest BCUT2D eigenvalue weighted by Gasteiger charge is 2.34. The predicted molar refractivity (Wildman–Crippen MR) is 71.4 cm³/mol. The molecule has 1 aromatic carbocycles. The third-order valence-electron chi connectivity index (χ3n) is 3.77. The minimum absolute atomic E-state index is 0.0626. The van der Waals surface area contributed by atoms with Gasteiger partial charge in [-0.1, -0.05) is 30.3 Å². The fourth-order valence-corrected chi connectivity index (χ4v) is 2.68. The molecule has 4 nitrogen and oxygen atoms in total. The molecule has 0 unspecified atom stereocenters. The second-order valence-corrected chi connectivity index (χ2v) is 5.23. The molecule has 1 aliphatic carbocycles. The number of aliphatic carboxylic acids is 1. The number of nitrogens with zero attached hydrogens (tertiary/aromatic N) is 1. The predicted octanol–water partition coefficient (Wildman–Crippen LogP) is 2.15. The van der Waals surface area contributed by atoms with Crippen molar-refractivity contribution in [2.75, 3.05) is 7.05 Å². The Hall–Kier alpha value is -1.84. The molecule has 1 saturated carbocycles. The molecule has 2 rings (SSSR count). The molecule has 1 aliphatic rings. The van der Waals surface area contributed by atoms with Gasteiger partial charge in [0.05, 0.1) is 5.92 Å². The zero-order valence-corrected chi connectivity index (χ0v) is 11.1. The molecule has 0 radical (unpaired) electrons. The van der Waals surface area contributed by atoms with Crippen LogP contribution in [0.1, 0.15) is 24.8 Å². The lowest BCUT2D eigenvalue weighted by atomic mass is 10.0. The van der Waals surface area contributed by atoms with E-state index in [0.717, 1.165) is 5.56 Å². The van der Waals surface area contributed by atoms with Crippen LogP contribution in [0.2, 0.25) is 0 Å². The number of carboxylic acid groups (broad SMARTS) is 1. The van der Waals surface area contributed by atoms with E-state index in [4.69, 9.17) is 5.11 Å². The Bertz CT molecular complexity index is 458. The summed E-state index contributed by atoms with van der Waals surface area (Å²) in [6.45, 7) is 0.577. The third-order valence-corrected chi connectivity index (χ3v) is 3.77. The first-order valence-electron chi connectivity index (χ1n) is 6.59. The number of hydrogen-bond donors (Lipinski definition) is 1. The molecule has 4 heteroatoms. The summed E-state index contributed by atoms with van der Waals surface area (Å²) in [6, 6.07) is 9.81. The van der Waals surface area contributed by atoms with E-state index in [1.165, 1.54) is 0 Å². The van der Waals surface area contributed by atoms with Crippen LogP contribution in [0.25, 0.3) is 0 Å². The van der Waals surface area contributed by atoms with Crippen LogP contribution in [-0.4, -0.2) is 28.9 Å². The summed E-state index contributed by atoms with van der Waals surface area (Å²) in [4.78, 5) is 24.9. The number of benzene rings is 1. The van der Waals surface area contributed by atoms with Gasteiger partial charge < -0.3 is 10.0 Å². The third kappa shape index (κ3) is 3.34. The SMILES string of the molecule is CN(Cc1ccccc1)C(=O)[C@@H]1CC[C@H](C(=O)O)C1. The average Bonchev–Trinajstić information content (AvgIpc) is 2.88. The second-order valence-electron chi connectivity index (χ2n) is 5.23. The molecule has 19 heavy (non-hydrogen) atoms. The molecule has 0 bridgehead atoms. The standard InChI is InChI=1S/C15H19NO3/c1-16(10-11-5-3-2-4-6-11)14(17)12-7-8-13(9-12)15(18)19/h2-6,12-13H,7-10H2,1H3,(H,18,19)/t12-,13+/m1/s1. The van der Waals surface area contributed by atoms with Crippen molar-refractivity contribution in [3.05, 3.63) is 35.9 Å². The molecule has 2 atom stereocenters. The normalized spacial score (nSPS) is 22.2. The summed E-state index contributed by atoms with van der Waals surface area (Å²) in [5.74, 6) is -1.19. The maximum absolute atomic E-state index is 12.3. The minimum Gasteiger partial charge on any atom is -0.481 e. The van der Waals surface area contributed by atoms with E-state index < -0.39 is 5.97 Å². The minimum atomic E-state index is -0.777. The maximum atomic E-state index is 12.3. The van der Waals surface area contributed by atoms with Gasteiger partial charge in [-0.2, -0.15) is 0 Å². The summed E-state index contributed by atoms with van der Waals surface area (Å²) < 4.78 is 0. The lowest BCUT2D eigenvalue weighted by Crippen LogP contribution is -2.31. The first-order chi connectivity index (χ1) is 9.08. The first kappa shape index (κ1) is 13.6. The van der Waals surface area contributed by atoms with E-state index in [1.54, 1.807) is 11.9 Å². The summed E-state index contributed by atoms with van der Waals surface area (Å²) in [6.07, 6.45) is 1.78. The van der Waals surface area contributed by atoms with Crippen molar-refractivity contribution in [1.82, 2.24) is 4.90 Å². The Kier molecular flexibility index (Phi) is 4.20. The van der Waals surface area contributed by atoms with Crippen LogP contribution >= 0.6 is 0 Å².